The van der Waals surface area contributed by atoms with E-state index in [4.69, 9.17) is 5.73 Å². The van der Waals surface area contributed by atoms with Gasteiger partial charge in [-0.2, -0.15) is 0 Å². The van der Waals surface area contributed by atoms with Gasteiger partial charge in [0.25, 0.3) is 0 Å². The molecule has 16 heavy (non-hydrogen) atoms. The van der Waals surface area contributed by atoms with E-state index in [2.05, 4.69) is 4.98 Å². The molecule has 0 saturated heterocycles. The lowest BCUT2D eigenvalue weighted by atomic mass is 10.1. The highest BCUT2D eigenvalue weighted by Gasteiger charge is 2.00. The van der Waals surface area contributed by atoms with Crippen LogP contribution in [0.4, 0.5) is 5.82 Å². The fraction of sp³-hybridized carbons (Fsp3) is 0.154. The zero-order valence-corrected chi connectivity index (χ0v) is 8.93. The van der Waals surface area contributed by atoms with Crippen molar-refractivity contribution in [2.45, 2.75) is 12.8 Å². The van der Waals surface area contributed by atoms with Gasteiger partial charge in [0, 0.05) is 6.20 Å². The number of nitrogens with zero attached hydrogens (tertiary/aromatic N) is 1. The van der Waals surface area contributed by atoms with Gasteiger partial charge in [-0.05, 0) is 42.2 Å². The fourth-order valence-electron chi connectivity index (χ4n) is 1.65. The molecule has 0 saturated carbocycles. The molecule has 1 heterocycles. The number of nitrogens with two attached hydrogens (primary N) is 1. The van der Waals surface area contributed by atoms with Gasteiger partial charge in [-0.25, -0.2) is 4.98 Å². The lowest BCUT2D eigenvalue weighted by Crippen LogP contribution is -1.99. The summed E-state index contributed by atoms with van der Waals surface area (Å²) < 4.78 is 0. The summed E-state index contributed by atoms with van der Waals surface area (Å²) in [5.74, 6) is 0.888. The highest BCUT2D eigenvalue weighted by atomic mass is 16.3. The third kappa shape index (κ3) is 2.51. The van der Waals surface area contributed by atoms with E-state index < -0.39 is 0 Å². The first-order chi connectivity index (χ1) is 7.75. The second-order valence-corrected chi connectivity index (χ2v) is 3.72. The zero-order chi connectivity index (χ0) is 11.4. The molecular formula is C13H14N2O. The van der Waals surface area contributed by atoms with Crippen molar-refractivity contribution in [1.82, 2.24) is 4.98 Å². The van der Waals surface area contributed by atoms with Crippen LogP contribution in [0.2, 0.25) is 0 Å². The summed E-state index contributed by atoms with van der Waals surface area (Å²) in [7, 11) is 0. The maximum Gasteiger partial charge on any atom is 0.126 e. The minimum absolute atomic E-state index is 0.302. The molecule has 2 aromatic rings. The van der Waals surface area contributed by atoms with E-state index in [1.54, 1.807) is 18.3 Å². The number of pyridine rings is 1. The molecule has 0 aliphatic rings. The minimum atomic E-state index is 0.302. The number of phenols is 1. The van der Waals surface area contributed by atoms with Crippen molar-refractivity contribution in [3.05, 3.63) is 53.7 Å². The Kier molecular flexibility index (Phi) is 3.05. The summed E-state index contributed by atoms with van der Waals surface area (Å²) in [5.41, 5.74) is 7.90. The highest BCUT2D eigenvalue weighted by Crippen LogP contribution is 2.15. The van der Waals surface area contributed by atoms with Crippen molar-refractivity contribution >= 4 is 5.82 Å². The number of phenolic OH excluding ortho intramolecular Hbond substituents is 1. The Labute approximate surface area is 94.6 Å². The fourth-order valence-corrected chi connectivity index (χ4v) is 1.65. The number of aromatic hydroxyl groups is 1. The van der Waals surface area contributed by atoms with Crippen LogP contribution < -0.4 is 5.73 Å². The predicted molar refractivity (Wildman–Crippen MR) is 64.2 cm³/mol. The molecule has 0 bridgehead atoms. The van der Waals surface area contributed by atoms with Crippen molar-refractivity contribution in [3.8, 4) is 5.75 Å². The van der Waals surface area contributed by atoms with E-state index in [0.29, 0.717) is 11.6 Å². The van der Waals surface area contributed by atoms with Crippen molar-refractivity contribution in [1.29, 1.82) is 0 Å². The monoisotopic (exact) mass is 214 g/mol. The summed E-state index contributed by atoms with van der Waals surface area (Å²) in [6.07, 6.45) is 3.38. The second kappa shape index (κ2) is 4.66. The molecule has 0 aliphatic carbocycles. The molecule has 0 amide bonds. The van der Waals surface area contributed by atoms with Crippen molar-refractivity contribution in [3.63, 3.8) is 0 Å². The number of anilines is 1. The van der Waals surface area contributed by atoms with Gasteiger partial charge >= 0.3 is 0 Å². The normalized spacial score (nSPS) is 10.2. The summed E-state index contributed by atoms with van der Waals surface area (Å²) in [6, 6.07) is 11.1. The Hall–Kier alpha value is -2.03. The lowest BCUT2D eigenvalue weighted by Gasteiger charge is -2.04. The number of hydrogen-bond donors (Lipinski definition) is 2. The molecule has 3 heteroatoms. The third-order valence-electron chi connectivity index (χ3n) is 2.52. The van der Waals surface area contributed by atoms with Gasteiger partial charge in [-0.1, -0.05) is 18.2 Å². The van der Waals surface area contributed by atoms with Gasteiger partial charge in [0.05, 0.1) is 0 Å². The van der Waals surface area contributed by atoms with E-state index in [1.807, 2.05) is 24.3 Å². The van der Waals surface area contributed by atoms with Crippen LogP contribution in [0.1, 0.15) is 11.1 Å². The molecule has 1 aromatic carbocycles. The highest BCUT2D eigenvalue weighted by molar-refractivity contribution is 5.39. The van der Waals surface area contributed by atoms with Gasteiger partial charge in [-0.3, -0.25) is 0 Å². The number of rotatable bonds is 3. The Morgan fingerprint density at radius 1 is 1.12 bits per heavy atom. The van der Waals surface area contributed by atoms with Gasteiger partial charge < -0.3 is 10.8 Å². The number of benzene rings is 1. The van der Waals surface area contributed by atoms with Crippen LogP contribution in [0.5, 0.6) is 5.75 Å². The SMILES string of the molecule is Nc1ncccc1CCc1cccc(O)c1. The molecular weight excluding hydrogens is 200 g/mol. The predicted octanol–water partition coefficient (Wildman–Crippen LogP) is 2.15. The maximum absolute atomic E-state index is 9.33. The zero-order valence-electron chi connectivity index (χ0n) is 8.93. The van der Waals surface area contributed by atoms with Crippen LogP contribution in [-0.4, -0.2) is 10.1 Å². The molecule has 3 nitrogen and oxygen atoms in total. The van der Waals surface area contributed by atoms with Crippen molar-refractivity contribution in [2.75, 3.05) is 5.73 Å². The van der Waals surface area contributed by atoms with Crippen molar-refractivity contribution in [2.24, 2.45) is 0 Å². The van der Waals surface area contributed by atoms with Crippen LogP contribution in [0.3, 0.4) is 0 Å². The van der Waals surface area contributed by atoms with E-state index in [1.165, 1.54) is 0 Å². The van der Waals surface area contributed by atoms with Gasteiger partial charge in [0.15, 0.2) is 0 Å². The van der Waals surface area contributed by atoms with Crippen LogP contribution >= 0.6 is 0 Å². The van der Waals surface area contributed by atoms with E-state index >= 15 is 0 Å². The Morgan fingerprint density at radius 2 is 2.00 bits per heavy atom. The summed E-state index contributed by atoms with van der Waals surface area (Å²) in [5, 5.41) is 9.33. The lowest BCUT2D eigenvalue weighted by molar-refractivity contribution is 0.474. The summed E-state index contributed by atoms with van der Waals surface area (Å²) in [6.45, 7) is 0. The molecule has 1 aromatic heterocycles. The molecule has 0 radical (unpaired) electrons. The Bertz CT molecular complexity index is 483. The van der Waals surface area contributed by atoms with Crippen molar-refractivity contribution < 1.29 is 5.11 Å². The van der Waals surface area contributed by atoms with E-state index in [-0.39, 0.29) is 0 Å². The maximum atomic E-state index is 9.33. The third-order valence-corrected chi connectivity index (χ3v) is 2.52. The Morgan fingerprint density at radius 3 is 2.75 bits per heavy atom. The van der Waals surface area contributed by atoms with E-state index in [0.717, 1.165) is 24.0 Å². The second-order valence-electron chi connectivity index (χ2n) is 3.72. The molecule has 0 spiro atoms. The average Bonchev–Trinajstić information content (AvgIpc) is 2.28. The topological polar surface area (TPSA) is 59.1 Å². The summed E-state index contributed by atoms with van der Waals surface area (Å²) in [4.78, 5) is 4.04. The number of nitrogen functional groups attached to an aromatic ring is 1. The van der Waals surface area contributed by atoms with Gasteiger partial charge in [0.2, 0.25) is 0 Å². The number of aryl methyl sites for hydroxylation is 2. The smallest absolute Gasteiger partial charge is 0.126 e. The minimum Gasteiger partial charge on any atom is -0.508 e. The average molecular weight is 214 g/mol. The molecule has 0 unspecified atom stereocenters. The standard InChI is InChI=1S/C13H14N2O/c14-13-11(4-2-8-15-13)7-6-10-3-1-5-12(16)9-10/h1-5,8-9,16H,6-7H2,(H2,14,15). The molecule has 3 N–H and O–H groups in total. The first-order valence-electron chi connectivity index (χ1n) is 5.23. The summed E-state index contributed by atoms with van der Waals surface area (Å²) >= 11 is 0. The molecule has 82 valence electrons. The van der Waals surface area contributed by atoms with Crippen LogP contribution in [-0.2, 0) is 12.8 Å². The first-order valence-corrected chi connectivity index (χ1v) is 5.23. The van der Waals surface area contributed by atoms with Crippen LogP contribution in [0.25, 0.3) is 0 Å². The van der Waals surface area contributed by atoms with Crippen LogP contribution in [0, 0.1) is 0 Å². The number of aromatic nitrogens is 1. The molecule has 0 atom stereocenters. The largest absolute Gasteiger partial charge is 0.508 e. The Balaban J connectivity index is 2.05. The molecule has 0 aliphatic heterocycles. The molecule has 2 rings (SSSR count). The van der Waals surface area contributed by atoms with Crippen LogP contribution in [0.15, 0.2) is 42.6 Å². The van der Waals surface area contributed by atoms with E-state index in [9.17, 15) is 5.11 Å². The first kappa shape index (κ1) is 10.5. The molecule has 0 fully saturated rings. The van der Waals surface area contributed by atoms with Gasteiger partial charge in [-0.15, -0.1) is 0 Å². The number of hydrogen-bond acceptors (Lipinski definition) is 3. The quantitative estimate of drug-likeness (QED) is 0.823. The van der Waals surface area contributed by atoms with Gasteiger partial charge in [0.1, 0.15) is 11.6 Å².